The summed E-state index contributed by atoms with van der Waals surface area (Å²) in [6.07, 6.45) is 1.59. The Morgan fingerprint density at radius 3 is 3.00 bits per heavy atom. The van der Waals surface area contributed by atoms with Crippen LogP contribution in [0.2, 0.25) is 0 Å². The van der Waals surface area contributed by atoms with Crippen LogP contribution >= 0.6 is 11.8 Å². The number of nitrogens with two attached hydrogens (primary N) is 1. The van der Waals surface area contributed by atoms with Gasteiger partial charge in [0.2, 0.25) is 5.16 Å². The molecule has 0 atom stereocenters. The minimum Gasteiger partial charge on any atom is -0.382 e. The average Bonchev–Trinajstić information content (AvgIpc) is 2.65. The molecule has 0 aliphatic carbocycles. The molecular weight excluding hydrogens is 226 g/mol. The lowest BCUT2D eigenvalue weighted by atomic mass is 10.3. The van der Waals surface area contributed by atoms with Gasteiger partial charge in [-0.05, 0) is 34.3 Å². The van der Waals surface area contributed by atoms with Crippen LogP contribution in [0.5, 0.6) is 0 Å². The van der Waals surface area contributed by atoms with Gasteiger partial charge in [0.25, 0.3) is 0 Å². The van der Waals surface area contributed by atoms with Gasteiger partial charge in [-0.2, -0.15) is 0 Å². The summed E-state index contributed by atoms with van der Waals surface area (Å²) in [7, 11) is 1.74. The van der Waals surface area contributed by atoms with Crippen molar-refractivity contribution < 1.29 is 0 Å². The number of tetrazole rings is 1. The number of nitrogens with zero attached hydrogens (tertiary/aromatic N) is 5. The molecule has 0 aromatic carbocycles. The van der Waals surface area contributed by atoms with Crippen LogP contribution in [0.4, 0.5) is 0 Å². The van der Waals surface area contributed by atoms with Crippen molar-refractivity contribution in [1.29, 1.82) is 5.41 Å². The van der Waals surface area contributed by atoms with Crippen molar-refractivity contribution in [2.45, 2.75) is 10.1 Å². The maximum Gasteiger partial charge on any atom is 0.213 e. The molecule has 16 heavy (non-hydrogen) atoms. The zero-order valence-electron chi connectivity index (χ0n) is 8.45. The monoisotopic (exact) mass is 235 g/mol. The second-order valence-corrected chi connectivity index (χ2v) is 3.96. The fourth-order valence-electron chi connectivity index (χ4n) is 1.08. The van der Waals surface area contributed by atoms with E-state index < -0.39 is 0 Å². The molecule has 8 heteroatoms. The molecule has 2 aromatic heterocycles. The fourth-order valence-corrected chi connectivity index (χ4v) is 1.93. The van der Waals surface area contributed by atoms with E-state index in [4.69, 9.17) is 11.1 Å². The lowest BCUT2D eigenvalue weighted by Gasteiger charge is -2.04. The summed E-state index contributed by atoms with van der Waals surface area (Å²) in [4.78, 5) is 4.80. The van der Waals surface area contributed by atoms with Crippen molar-refractivity contribution in [3.8, 4) is 0 Å². The number of rotatable bonds is 3. The van der Waals surface area contributed by atoms with Crippen molar-refractivity contribution in [2.24, 2.45) is 12.8 Å². The Morgan fingerprint density at radius 2 is 2.38 bits per heavy atom. The Balaban J connectivity index is 2.35. The van der Waals surface area contributed by atoms with Crippen LogP contribution in [0.15, 0.2) is 28.4 Å². The molecule has 2 rings (SSSR count). The summed E-state index contributed by atoms with van der Waals surface area (Å²) in [5, 5.41) is 19.1. The molecule has 0 saturated heterocycles. The molecule has 0 aliphatic rings. The van der Waals surface area contributed by atoms with E-state index in [1.807, 2.05) is 6.07 Å². The highest BCUT2D eigenvalue weighted by Gasteiger charge is 2.11. The van der Waals surface area contributed by atoms with Gasteiger partial charge in [0.15, 0.2) is 0 Å². The fraction of sp³-hybridized carbons (Fsp3) is 0.125. The highest BCUT2D eigenvalue weighted by atomic mass is 32.2. The topological polar surface area (TPSA) is 106 Å². The average molecular weight is 235 g/mol. The van der Waals surface area contributed by atoms with E-state index in [0.717, 1.165) is 4.90 Å². The normalized spacial score (nSPS) is 10.3. The molecule has 0 saturated carbocycles. The molecule has 0 amide bonds. The predicted molar refractivity (Wildman–Crippen MR) is 58.2 cm³/mol. The molecule has 0 fully saturated rings. The van der Waals surface area contributed by atoms with Crippen molar-refractivity contribution in [3.63, 3.8) is 0 Å². The summed E-state index contributed by atoms with van der Waals surface area (Å²) in [6.45, 7) is 0. The Labute approximate surface area is 95.6 Å². The number of aromatic nitrogens is 5. The summed E-state index contributed by atoms with van der Waals surface area (Å²) >= 11 is 1.32. The van der Waals surface area contributed by atoms with Gasteiger partial charge >= 0.3 is 0 Å². The van der Waals surface area contributed by atoms with Crippen LogP contribution in [0.3, 0.4) is 0 Å². The van der Waals surface area contributed by atoms with E-state index >= 15 is 0 Å². The molecule has 82 valence electrons. The number of hydrogen-bond donors (Lipinski definition) is 2. The highest BCUT2D eigenvalue weighted by molar-refractivity contribution is 7.99. The number of aryl methyl sites for hydroxylation is 1. The molecule has 3 N–H and O–H groups in total. The largest absolute Gasteiger partial charge is 0.382 e. The molecule has 0 radical (unpaired) electrons. The first-order chi connectivity index (χ1) is 7.68. The molecule has 0 aliphatic heterocycles. The van der Waals surface area contributed by atoms with Gasteiger partial charge in [-0.3, -0.25) is 10.4 Å². The minimum atomic E-state index is -0.0711. The van der Waals surface area contributed by atoms with Gasteiger partial charge in [-0.25, -0.2) is 4.68 Å². The lowest BCUT2D eigenvalue weighted by molar-refractivity contribution is 0.664. The molecule has 2 aromatic rings. The smallest absolute Gasteiger partial charge is 0.213 e. The van der Waals surface area contributed by atoms with Crippen LogP contribution < -0.4 is 5.73 Å². The van der Waals surface area contributed by atoms with Crippen LogP contribution in [0.25, 0.3) is 0 Å². The molecule has 0 bridgehead atoms. The first-order valence-electron chi connectivity index (χ1n) is 4.38. The third kappa shape index (κ3) is 2.01. The van der Waals surface area contributed by atoms with E-state index in [-0.39, 0.29) is 5.84 Å². The summed E-state index contributed by atoms with van der Waals surface area (Å²) in [5.41, 5.74) is 5.87. The van der Waals surface area contributed by atoms with E-state index in [0.29, 0.717) is 10.9 Å². The molecule has 0 spiro atoms. The van der Waals surface area contributed by atoms with E-state index in [9.17, 15) is 0 Å². The third-order valence-corrected chi connectivity index (χ3v) is 2.89. The Morgan fingerprint density at radius 1 is 1.56 bits per heavy atom. The second-order valence-electron chi connectivity index (χ2n) is 2.95. The van der Waals surface area contributed by atoms with Crippen LogP contribution in [0, 0.1) is 5.41 Å². The Kier molecular flexibility index (Phi) is 2.82. The van der Waals surface area contributed by atoms with E-state index in [1.54, 1.807) is 24.0 Å². The quantitative estimate of drug-likeness (QED) is 0.574. The summed E-state index contributed by atoms with van der Waals surface area (Å²) in [5.74, 6) is -0.0711. The van der Waals surface area contributed by atoms with Gasteiger partial charge in [-0.15, -0.1) is 5.10 Å². The first-order valence-corrected chi connectivity index (χ1v) is 5.19. The van der Waals surface area contributed by atoms with Crippen LogP contribution in [0.1, 0.15) is 5.69 Å². The lowest BCUT2D eigenvalue weighted by Crippen LogP contribution is -2.14. The summed E-state index contributed by atoms with van der Waals surface area (Å²) in [6, 6.07) is 3.60. The zero-order valence-corrected chi connectivity index (χ0v) is 9.27. The van der Waals surface area contributed by atoms with Gasteiger partial charge in [-0.1, -0.05) is 0 Å². The number of hydrogen-bond acceptors (Lipinski definition) is 6. The standard InChI is InChI=1S/C8H9N7S/c1-15-8(12-13-14-15)16-5-3-2-4-11-6(5)7(9)10/h2-4H,1H3,(H3,9,10). The van der Waals surface area contributed by atoms with Crippen molar-refractivity contribution in [1.82, 2.24) is 25.2 Å². The number of pyridine rings is 1. The zero-order chi connectivity index (χ0) is 11.5. The van der Waals surface area contributed by atoms with Crippen LogP contribution in [-0.4, -0.2) is 31.0 Å². The molecule has 2 heterocycles. The van der Waals surface area contributed by atoms with Crippen molar-refractivity contribution >= 4 is 17.6 Å². The first kappa shape index (κ1) is 10.6. The van der Waals surface area contributed by atoms with Gasteiger partial charge in [0.05, 0.1) is 0 Å². The van der Waals surface area contributed by atoms with E-state index in [1.165, 1.54) is 11.8 Å². The number of nitrogen functional groups attached to an aromatic ring is 1. The molecule has 0 unspecified atom stereocenters. The second kappa shape index (κ2) is 4.27. The highest BCUT2D eigenvalue weighted by Crippen LogP contribution is 2.26. The maximum atomic E-state index is 7.40. The summed E-state index contributed by atoms with van der Waals surface area (Å²) < 4.78 is 1.54. The Bertz CT molecular complexity index is 521. The van der Waals surface area contributed by atoms with E-state index in [2.05, 4.69) is 20.5 Å². The number of amidine groups is 1. The predicted octanol–water partition coefficient (Wildman–Crippen LogP) is 0.0404. The van der Waals surface area contributed by atoms with Crippen LogP contribution in [-0.2, 0) is 7.05 Å². The van der Waals surface area contributed by atoms with Crippen molar-refractivity contribution in [3.05, 3.63) is 24.0 Å². The Hall–Kier alpha value is -1.96. The van der Waals surface area contributed by atoms with Gasteiger partial charge in [0.1, 0.15) is 11.5 Å². The maximum absolute atomic E-state index is 7.40. The van der Waals surface area contributed by atoms with Crippen molar-refractivity contribution in [2.75, 3.05) is 0 Å². The SMILES string of the molecule is Cn1nnnc1Sc1cccnc1C(=N)N. The van der Waals surface area contributed by atoms with Gasteiger partial charge < -0.3 is 5.73 Å². The van der Waals surface area contributed by atoms with Gasteiger partial charge in [0, 0.05) is 18.1 Å². The number of nitrogens with one attached hydrogen (secondary N) is 1. The molecule has 7 nitrogen and oxygen atoms in total. The third-order valence-electron chi connectivity index (χ3n) is 1.81. The minimum absolute atomic E-state index is 0.0711. The molecular formula is C8H9N7S.